The first-order valence-corrected chi connectivity index (χ1v) is 16.1. The summed E-state index contributed by atoms with van der Waals surface area (Å²) in [4.78, 5) is 50.2. The number of fused-ring (bicyclic) bond motifs is 4. The number of pyridine rings is 1. The molecule has 0 N–H and O–H groups in total. The Morgan fingerprint density at radius 2 is 1.67 bits per heavy atom. The molecule has 0 radical (unpaired) electrons. The summed E-state index contributed by atoms with van der Waals surface area (Å²) in [7, 11) is 0. The Morgan fingerprint density at radius 3 is 2.40 bits per heavy atom. The average molecular weight is 641 g/mol. The highest BCUT2D eigenvalue weighted by molar-refractivity contribution is 7.09. The number of amides is 1. The molecule has 1 saturated heterocycles. The third kappa shape index (κ3) is 5.60. The van der Waals surface area contributed by atoms with Crippen molar-refractivity contribution in [2.24, 2.45) is 5.92 Å². The van der Waals surface area contributed by atoms with Crippen LogP contribution in [0.15, 0.2) is 78.4 Å². The Hall–Kier alpha value is -4.54. The summed E-state index contributed by atoms with van der Waals surface area (Å²) >= 11 is 7.43. The number of ether oxygens (including phenoxy) is 2. The molecule has 3 aromatic heterocycles. The maximum absolute atomic E-state index is 13.9. The van der Waals surface area contributed by atoms with Crippen molar-refractivity contribution in [2.45, 2.75) is 31.7 Å². The number of hydrogen-bond donors (Lipinski definition) is 0. The minimum atomic E-state index is -0.511. The molecular weight excluding hydrogens is 612 g/mol. The van der Waals surface area contributed by atoms with Gasteiger partial charge < -0.3 is 18.8 Å². The van der Waals surface area contributed by atoms with Gasteiger partial charge in [0.15, 0.2) is 5.69 Å². The van der Waals surface area contributed by atoms with Gasteiger partial charge in [-0.2, -0.15) is 0 Å². The minimum Gasteiger partial charge on any atom is -0.465 e. The van der Waals surface area contributed by atoms with Crippen LogP contribution in [0.5, 0.6) is 0 Å². The highest BCUT2D eigenvalue weighted by atomic mass is 35.5. The van der Waals surface area contributed by atoms with Crippen molar-refractivity contribution in [1.82, 2.24) is 19.3 Å². The molecule has 1 amide bonds. The number of likely N-dealkylation sites (tertiary alicyclic amines) is 1. The second-order valence-electron chi connectivity index (χ2n) is 11.2. The Balaban J connectivity index is 1.09. The Bertz CT molecular complexity index is 1890. The predicted molar refractivity (Wildman–Crippen MR) is 169 cm³/mol. The molecule has 0 bridgehead atoms. The summed E-state index contributed by atoms with van der Waals surface area (Å²) in [6.45, 7) is 2.53. The fourth-order valence-electron chi connectivity index (χ4n) is 6.39. The molecule has 0 spiro atoms. The molecule has 1 fully saturated rings. The quantitative estimate of drug-likeness (QED) is 0.177. The number of aromatic nitrogens is 3. The van der Waals surface area contributed by atoms with Gasteiger partial charge in [-0.25, -0.2) is 14.8 Å². The van der Waals surface area contributed by atoms with Gasteiger partial charge in [0.1, 0.15) is 23.0 Å². The molecule has 228 valence electrons. The summed E-state index contributed by atoms with van der Waals surface area (Å²) in [5, 5.41) is 2.77. The Labute approximate surface area is 268 Å². The van der Waals surface area contributed by atoms with Crippen molar-refractivity contribution >= 4 is 46.4 Å². The number of imidazole rings is 1. The lowest BCUT2D eigenvalue weighted by Crippen LogP contribution is -2.31. The van der Waals surface area contributed by atoms with E-state index in [-0.39, 0.29) is 54.7 Å². The third-order valence-electron chi connectivity index (χ3n) is 8.40. The molecule has 9 nitrogen and oxygen atoms in total. The van der Waals surface area contributed by atoms with E-state index in [1.165, 1.54) is 22.5 Å². The second-order valence-corrected chi connectivity index (χ2v) is 12.5. The summed E-state index contributed by atoms with van der Waals surface area (Å²) in [6.07, 6.45) is 3.97. The lowest BCUT2D eigenvalue weighted by molar-refractivity contribution is -0.144. The molecule has 45 heavy (non-hydrogen) atoms. The van der Waals surface area contributed by atoms with Crippen LogP contribution in [0.3, 0.4) is 0 Å². The molecule has 1 aliphatic carbocycles. The van der Waals surface area contributed by atoms with Gasteiger partial charge in [-0.3, -0.25) is 9.59 Å². The van der Waals surface area contributed by atoms with E-state index in [4.69, 9.17) is 21.1 Å². The monoisotopic (exact) mass is 640 g/mol. The number of nitrogens with zero attached hydrogens (tertiary/aromatic N) is 4. The molecular formula is C34H29ClN4O5S. The first kappa shape index (κ1) is 29.2. The number of hydrogen-bond acceptors (Lipinski definition) is 8. The van der Waals surface area contributed by atoms with E-state index in [1.54, 1.807) is 46.1 Å². The normalized spacial score (nSPS) is 17.3. The number of esters is 2. The summed E-state index contributed by atoms with van der Waals surface area (Å²) in [6, 6.07) is 19.5. The molecule has 1 aliphatic heterocycles. The first-order valence-electron chi connectivity index (χ1n) is 14.8. The van der Waals surface area contributed by atoms with E-state index in [9.17, 15) is 14.4 Å². The fraction of sp³-hybridized carbons (Fsp3) is 0.265. The fourth-order valence-corrected chi connectivity index (χ4v) is 7.48. The zero-order chi connectivity index (χ0) is 31.1. The van der Waals surface area contributed by atoms with Crippen molar-refractivity contribution < 1.29 is 23.9 Å². The SMILES string of the molecule is CCOC(=O)c1csc([C@@H]2C[C@@H](CC(=O)OCC3c4ccccc4-c4ccccc43)CN2C(=O)c2cn3cc(Cl)ccc3n2)n1. The van der Waals surface area contributed by atoms with Gasteiger partial charge >= 0.3 is 11.9 Å². The number of halogens is 1. The van der Waals surface area contributed by atoms with Crippen molar-refractivity contribution in [3.8, 4) is 11.1 Å². The number of carbonyl (C=O) groups excluding carboxylic acids is 3. The molecule has 0 unspecified atom stereocenters. The van der Waals surface area contributed by atoms with E-state index in [0.717, 1.165) is 11.1 Å². The molecule has 11 heteroatoms. The lowest BCUT2D eigenvalue weighted by Gasteiger charge is -2.22. The Kier molecular flexibility index (Phi) is 7.85. The van der Waals surface area contributed by atoms with Gasteiger partial charge in [-0.1, -0.05) is 60.1 Å². The third-order valence-corrected chi connectivity index (χ3v) is 9.57. The van der Waals surface area contributed by atoms with E-state index in [1.807, 2.05) is 24.3 Å². The van der Waals surface area contributed by atoms with Gasteiger partial charge in [0.05, 0.1) is 24.1 Å². The molecule has 2 aliphatic rings. The van der Waals surface area contributed by atoms with Crippen LogP contribution >= 0.6 is 22.9 Å². The van der Waals surface area contributed by atoms with E-state index >= 15 is 0 Å². The maximum atomic E-state index is 13.9. The van der Waals surface area contributed by atoms with Crippen LogP contribution in [0, 0.1) is 5.92 Å². The van der Waals surface area contributed by atoms with Crippen LogP contribution in [0.4, 0.5) is 0 Å². The smallest absolute Gasteiger partial charge is 0.357 e. The largest absolute Gasteiger partial charge is 0.465 e. The van der Waals surface area contributed by atoms with Gasteiger partial charge in [-0.05, 0) is 53.6 Å². The maximum Gasteiger partial charge on any atom is 0.357 e. The van der Waals surface area contributed by atoms with Crippen molar-refractivity contribution in [1.29, 1.82) is 0 Å². The molecule has 4 heterocycles. The van der Waals surface area contributed by atoms with Crippen molar-refractivity contribution in [3.05, 3.63) is 111 Å². The zero-order valence-corrected chi connectivity index (χ0v) is 26.0. The van der Waals surface area contributed by atoms with Crippen LogP contribution in [-0.2, 0) is 14.3 Å². The Morgan fingerprint density at radius 1 is 0.933 bits per heavy atom. The first-order chi connectivity index (χ1) is 21.9. The van der Waals surface area contributed by atoms with Crippen molar-refractivity contribution in [2.75, 3.05) is 19.8 Å². The van der Waals surface area contributed by atoms with E-state index in [0.29, 0.717) is 28.6 Å². The molecule has 2 atom stereocenters. The number of thiazole rings is 1. The number of rotatable bonds is 8. The number of benzene rings is 2. The molecule has 0 saturated carbocycles. The van der Waals surface area contributed by atoms with Gasteiger partial charge in [-0.15, -0.1) is 11.3 Å². The summed E-state index contributed by atoms with van der Waals surface area (Å²) in [5.41, 5.74) is 5.69. The molecule has 2 aromatic carbocycles. The zero-order valence-electron chi connectivity index (χ0n) is 24.4. The van der Waals surface area contributed by atoms with Gasteiger partial charge in [0.25, 0.3) is 5.91 Å². The van der Waals surface area contributed by atoms with Crippen LogP contribution in [0.2, 0.25) is 5.02 Å². The number of carbonyl (C=O) groups is 3. The van der Waals surface area contributed by atoms with Crippen LogP contribution in [0.25, 0.3) is 16.8 Å². The minimum absolute atomic E-state index is 0.0316. The lowest BCUT2D eigenvalue weighted by atomic mass is 9.98. The summed E-state index contributed by atoms with van der Waals surface area (Å²) in [5.74, 6) is -1.32. The predicted octanol–water partition coefficient (Wildman–Crippen LogP) is 6.57. The van der Waals surface area contributed by atoms with Gasteiger partial charge in [0.2, 0.25) is 0 Å². The average Bonchev–Trinajstić information content (AvgIpc) is 3.84. The van der Waals surface area contributed by atoms with E-state index in [2.05, 4.69) is 34.2 Å². The van der Waals surface area contributed by atoms with Crippen LogP contribution in [-0.4, -0.2) is 56.9 Å². The second kappa shape index (κ2) is 12.1. The summed E-state index contributed by atoms with van der Waals surface area (Å²) < 4.78 is 12.7. The van der Waals surface area contributed by atoms with Crippen LogP contribution < -0.4 is 0 Å². The molecule has 7 rings (SSSR count). The van der Waals surface area contributed by atoms with E-state index < -0.39 is 12.0 Å². The molecule has 5 aromatic rings. The van der Waals surface area contributed by atoms with Crippen LogP contribution in [0.1, 0.15) is 68.8 Å². The highest BCUT2D eigenvalue weighted by Gasteiger charge is 2.40. The standard InChI is InChI=1S/C34H29ClN4O5S/c1-2-43-34(42)28-19-45-32(37-28)29-13-20(15-39(29)33(41)27-17-38-16-21(35)11-12-30(38)36-27)14-31(40)44-18-26-24-9-5-3-7-22(24)23-8-4-6-10-25(23)26/h3-12,16-17,19-20,26,29H,2,13-15,18H2,1H3/t20-,29-/m0/s1. The van der Waals surface area contributed by atoms with Gasteiger partial charge in [0, 0.05) is 30.2 Å². The van der Waals surface area contributed by atoms with Crippen molar-refractivity contribution in [3.63, 3.8) is 0 Å². The topological polar surface area (TPSA) is 103 Å². The highest BCUT2D eigenvalue weighted by Crippen LogP contribution is 2.45.